The number of hydrogen-bond acceptors (Lipinski definition) is 6. The number of pyridine rings is 2. The SMILES string of the molecule is Cc1cc(Nc2cnc(NC(=O)N[C@H]3[C@H](c4ccccc4C)CN(C)C3(C)C)cc2C=N)ccn1. The van der Waals surface area contributed by atoms with Crippen LogP contribution in [0.5, 0.6) is 0 Å². The minimum absolute atomic E-state index is 0.0910. The molecule has 4 N–H and O–H groups in total. The van der Waals surface area contributed by atoms with E-state index in [-0.39, 0.29) is 23.5 Å². The minimum Gasteiger partial charge on any atom is -0.354 e. The summed E-state index contributed by atoms with van der Waals surface area (Å²) in [5.41, 5.74) is 5.28. The van der Waals surface area contributed by atoms with E-state index in [4.69, 9.17) is 5.41 Å². The molecule has 0 unspecified atom stereocenters. The van der Waals surface area contributed by atoms with Gasteiger partial charge in [-0.1, -0.05) is 24.3 Å². The lowest BCUT2D eigenvalue weighted by molar-refractivity contribution is 0.185. The Morgan fingerprint density at radius 3 is 2.66 bits per heavy atom. The fraction of sp³-hybridized carbons (Fsp3) is 0.333. The highest BCUT2D eigenvalue weighted by molar-refractivity contribution is 5.92. The van der Waals surface area contributed by atoms with Crippen LogP contribution in [0.2, 0.25) is 0 Å². The van der Waals surface area contributed by atoms with Gasteiger partial charge in [-0.3, -0.25) is 15.2 Å². The standard InChI is InChI=1S/C27H33N7O/c1-17-8-6-7-9-21(17)22-16-34(5)27(3,4)25(22)33-26(35)32-24-13-19(14-28)23(15-30-24)31-20-10-11-29-18(2)12-20/h6-15,22,25,28H,16H2,1-5H3,(H,29,31)(H2,30,32,33,35)/t22-,25-/m0/s1. The van der Waals surface area contributed by atoms with Gasteiger partial charge in [0, 0.05) is 47.4 Å². The molecule has 8 nitrogen and oxygen atoms in total. The van der Waals surface area contributed by atoms with Crippen molar-refractivity contribution in [3.63, 3.8) is 0 Å². The number of nitrogens with zero attached hydrogens (tertiary/aromatic N) is 3. The molecule has 2 amide bonds. The summed E-state index contributed by atoms with van der Waals surface area (Å²) in [5.74, 6) is 0.552. The van der Waals surface area contributed by atoms with Crippen molar-refractivity contribution >= 4 is 29.4 Å². The summed E-state index contributed by atoms with van der Waals surface area (Å²) in [6.45, 7) is 9.20. The van der Waals surface area contributed by atoms with Crippen LogP contribution in [-0.2, 0) is 0 Å². The molecule has 3 aromatic rings. The quantitative estimate of drug-likeness (QED) is 0.385. The molecule has 1 aliphatic rings. The van der Waals surface area contributed by atoms with E-state index in [0.717, 1.165) is 17.9 Å². The zero-order valence-corrected chi connectivity index (χ0v) is 20.9. The minimum atomic E-state index is -0.314. The van der Waals surface area contributed by atoms with Crippen LogP contribution >= 0.6 is 0 Å². The highest BCUT2D eigenvalue weighted by Gasteiger charge is 2.47. The molecule has 1 aliphatic heterocycles. The van der Waals surface area contributed by atoms with Gasteiger partial charge in [-0.15, -0.1) is 0 Å². The Hall–Kier alpha value is -3.78. The molecule has 1 saturated heterocycles. The normalized spacial score (nSPS) is 19.2. The summed E-state index contributed by atoms with van der Waals surface area (Å²) in [4.78, 5) is 24.0. The molecular formula is C27H33N7O. The first-order valence-electron chi connectivity index (χ1n) is 11.7. The molecule has 4 rings (SSSR count). The second kappa shape index (κ2) is 9.84. The molecular weight excluding hydrogens is 438 g/mol. The maximum atomic E-state index is 13.1. The number of hydrogen-bond donors (Lipinski definition) is 4. The highest BCUT2D eigenvalue weighted by atomic mass is 16.2. The fourth-order valence-corrected chi connectivity index (χ4v) is 4.76. The summed E-state index contributed by atoms with van der Waals surface area (Å²) in [6.07, 6.45) is 4.58. The van der Waals surface area contributed by atoms with Crippen molar-refractivity contribution in [3.8, 4) is 0 Å². The van der Waals surface area contributed by atoms with Gasteiger partial charge >= 0.3 is 6.03 Å². The monoisotopic (exact) mass is 471 g/mol. The van der Waals surface area contributed by atoms with Gasteiger partial charge in [-0.05, 0) is 64.1 Å². The molecule has 0 saturated carbocycles. The fourth-order valence-electron chi connectivity index (χ4n) is 4.76. The van der Waals surface area contributed by atoms with Crippen LogP contribution < -0.4 is 16.0 Å². The van der Waals surface area contributed by atoms with Crippen molar-refractivity contribution in [1.82, 2.24) is 20.2 Å². The predicted octanol–water partition coefficient (Wildman–Crippen LogP) is 4.83. The molecule has 3 heterocycles. The zero-order valence-electron chi connectivity index (χ0n) is 20.9. The van der Waals surface area contributed by atoms with E-state index >= 15 is 0 Å². The number of likely N-dealkylation sites (N-methyl/N-ethyl adjacent to an activating group) is 1. The van der Waals surface area contributed by atoms with Crippen LogP contribution in [0, 0.1) is 19.3 Å². The van der Waals surface area contributed by atoms with Gasteiger partial charge in [-0.25, -0.2) is 9.78 Å². The van der Waals surface area contributed by atoms with Gasteiger partial charge in [0.25, 0.3) is 0 Å². The zero-order chi connectivity index (χ0) is 25.2. The lowest BCUT2D eigenvalue weighted by atomic mass is 9.83. The maximum Gasteiger partial charge on any atom is 0.320 e. The molecule has 1 aromatic carbocycles. The average molecular weight is 472 g/mol. The number of nitrogens with one attached hydrogen (secondary N) is 4. The smallest absolute Gasteiger partial charge is 0.320 e. The first-order chi connectivity index (χ1) is 16.7. The Kier molecular flexibility index (Phi) is 6.84. The molecule has 0 aliphatic carbocycles. The average Bonchev–Trinajstić information content (AvgIpc) is 3.03. The van der Waals surface area contributed by atoms with Gasteiger partial charge in [0.15, 0.2) is 0 Å². The van der Waals surface area contributed by atoms with Crippen LogP contribution in [0.25, 0.3) is 0 Å². The second-order valence-corrected chi connectivity index (χ2v) is 9.69. The lowest BCUT2D eigenvalue weighted by Crippen LogP contribution is -2.53. The Bertz CT molecular complexity index is 1240. The van der Waals surface area contributed by atoms with Crippen molar-refractivity contribution in [2.45, 2.75) is 45.2 Å². The summed E-state index contributed by atoms with van der Waals surface area (Å²) < 4.78 is 0. The molecule has 182 valence electrons. The van der Waals surface area contributed by atoms with Crippen LogP contribution in [0.3, 0.4) is 0 Å². The molecule has 1 fully saturated rings. The summed E-state index contributed by atoms with van der Waals surface area (Å²) in [6, 6.07) is 13.4. The summed E-state index contributed by atoms with van der Waals surface area (Å²) in [5, 5.41) is 17.2. The number of rotatable bonds is 6. The maximum absolute atomic E-state index is 13.1. The van der Waals surface area contributed by atoms with E-state index in [1.807, 2.05) is 25.1 Å². The molecule has 0 bridgehead atoms. The van der Waals surface area contributed by atoms with Crippen LogP contribution in [0.1, 0.15) is 42.1 Å². The third-order valence-electron chi connectivity index (χ3n) is 7.00. The Morgan fingerprint density at radius 2 is 1.94 bits per heavy atom. The molecule has 2 aromatic heterocycles. The van der Waals surface area contributed by atoms with Gasteiger partial charge in [0.05, 0.1) is 17.9 Å². The number of aryl methyl sites for hydroxylation is 2. The number of anilines is 3. The van der Waals surface area contributed by atoms with Gasteiger partial charge in [-0.2, -0.15) is 0 Å². The number of carbonyl (C=O) groups is 1. The lowest BCUT2D eigenvalue weighted by Gasteiger charge is -2.35. The Balaban J connectivity index is 1.51. The largest absolute Gasteiger partial charge is 0.354 e. The first-order valence-corrected chi connectivity index (χ1v) is 11.7. The van der Waals surface area contributed by atoms with Crippen molar-refractivity contribution in [1.29, 1.82) is 5.41 Å². The number of likely N-dealkylation sites (tertiary alicyclic amines) is 1. The molecule has 8 heteroatoms. The van der Waals surface area contributed by atoms with Gasteiger partial charge < -0.3 is 16.0 Å². The Labute approximate surface area is 206 Å². The molecule has 35 heavy (non-hydrogen) atoms. The molecule has 2 atom stereocenters. The van der Waals surface area contributed by atoms with Gasteiger partial charge in [0.1, 0.15) is 5.82 Å². The number of benzene rings is 1. The highest BCUT2D eigenvalue weighted by Crippen LogP contribution is 2.39. The van der Waals surface area contributed by atoms with Gasteiger partial charge in [0.2, 0.25) is 0 Å². The van der Waals surface area contributed by atoms with Crippen LogP contribution in [-0.4, -0.2) is 52.3 Å². The topological polar surface area (TPSA) is 106 Å². The summed E-state index contributed by atoms with van der Waals surface area (Å²) >= 11 is 0. The number of aromatic nitrogens is 2. The second-order valence-electron chi connectivity index (χ2n) is 9.69. The predicted molar refractivity (Wildman–Crippen MR) is 141 cm³/mol. The molecule has 0 spiro atoms. The number of urea groups is 1. The third-order valence-corrected chi connectivity index (χ3v) is 7.00. The summed E-state index contributed by atoms with van der Waals surface area (Å²) in [7, 11) is 2.10. The van der Waals surface area contributed by atoms with E-state index < -0.39 is 0 Å². The van der Waals surface area contributed by atoms with E-state index in [2.05, 4.69) is 76.8 Å². The first kappa shape index (κ1) is 24.3. The number of carbonyl (C=O) groups excluding carboxylic acids is 1. The van der Waals surface area contributed by atoms with E-state index in [1.54, 1.807) is 18.5 Å². The third kappa shape index (κ3) is 5.17. The number of amides is 2. The van der Waals surface area contributed by atoms with E-state index in [1.165, 1.54) is 17.3 Å². The van der Waals surface area contributed by atoms with Crippen LogP contribution in [0.4, 0.5) is 22.0 Å². The van der Waals surface area contributed by atoms with E-state index in [9.17, 15) is 4.79 Å². The van der Waals surface area contributed by atoms with Crippen molar-refractivity contribution < 1.29 is 4.79 Å². The van der Waals surface area contributed by atoms with Crippen LogP contribution in [0.15, 0.2) is 54.9 Å². The molecule has 0 radical (unpaired) electrons. The Morgan fingerprint density at radius 1 is 1.17 bits per heavy atom. The van der Waals surface area contributed by atoms with Crippen molar-refractivity contribution in [3.05, 3.63) is 77.2 Å². The van der Waals surface area contributed by atoms with Crippen molar-refractivity contribution in [2.24, 2.45) is 0 Å². The van der Waals surface area contributed by atoms with E-state index in [0.29, 0.717) is 17.1 Å². The van der Waals surface area contributed by atoms with Crippen molar-refractivity contribution in [2.75, 3.05) is 24.2 Å².